The lowest BCUT2D eigenvalue weighted by Gasteiger charge is -2.27. The molecule has 1 aromatic carbocycles. The molecule has 0 unspecified atom stereocenters. The molecule has 0 N–H and O–H groups in total. The Labute approximate surface area is 96.4 Å². The fraction of sp³-hybridized carbons (Fsp3) is 0.385. The molecule has 0 spiro atoms. The largest absolute Gasteiger partial charge is 0.295 e. The zero-order chi connectivity index (χ0) is 10.5. The normalized spacial score (nSPS) is 16.9. The predicted molar refractivity (Wildman–Crippen MR) is 65.3 cm³/mol. The first kappa shape index (κ1) is 10.7. The molecule has 80 valence electrons. The van der Waals surface area contributed by atoms with Gasteiger partial charge in [0.15, 0.2) is 0 Å². The molecule has 1 aromatic rings. The number of halogens is 1. The Hall–Kier alpha value is -0.790. The minimum atomic E-state index is 0.616. The fourth-order valence-electron chi connectivity index (χ4n) is 2.00. The molecule has 0 fully saturated rings. The van der Waals surface area contributed by atoms with Crippen LogP contribution in [-0.2, 0) is 13.0 Å². The van der Waals surface area contributed by atoms with Crippen molar-refractivity contribution >= 4 is 11.6 Å². The summed E-state index contributed by atoms with van der Waals surface area (Å²) in [5, 5.41) is 0. The Morgan fingerprint density at radius 1 is 1.20 bits per heavy atom. The number of benzene rings is 1. The van der Waals surface area contributed by atoms with Crippen molar-refractivity contribution < 1.29 is 0 Å². The van der Waals surface area contributed by atoms with Crippen molar-refractivity contribution in [1.82, 2.24) is 4.90 Å². The molecule has 0 atom stereocenters. The van der Waals surface area contributed by atoms with Crippen molar-refractivity contribution in [2.75, 3.05) is 19.0 Å². The predicted octanol–water partition coefficient (Wildman–Crippen LogP) is 2.84. The number of fused-ring (bicyclic) bond motifs is 1. The van der Waals surface area contributed by atoms with E-state index in [0.29, 0.717) is 5.88 Å². The van der Waals surface area contributed by atoms with Crippen LogP contribution >= 0.6 is 11.6 Å². The zero-order valence-corrected chi connectivity index (χ0v) is 9.58. The lowest BCUT2D eigenvalue weighted by Crippen LogP contribution is -2.30. The second-order valence-electron chi connectivity index (χ2n) is 3.88. The van der Waals surface area contributed by atoms with Crippen LogP contribution < -0.4 is 0 Å². The molecule has 0 aromatic heterocycles. The van der Waals surface area contributed by atoms with E-state index in [1.807, 2.05) is 6.08 Å². The van der Waals surface area contributed by atoms with Gasteiger partial charge >= 0.3 is 0 Å². The van der Waals surface area contributed by atoms with Gasteiger partial charge in [-0.3, -0.25) is 4.90 Å². The van der Waals surface area contributed by atoms with Crippen LogP contribution in [0.5, 0.6) is 0 Å². The van der Waals surface area contributed by atoms with Crippen LogP contribution in [0.15, 0.2) is 36.4 Å². The van der Waals surface area contributed by atoms with Crippen LogP contribution in [0.3, 0.4) is 0 Å². The van der Waals surface area contributed by atoms with E-state index in [1.54, 1.807) is 0 Å². The zero-order valence-electron chi connectivity index (χ0n) is 8.82. The van der Waals surface area contributed by atoms with Crippen LogP contribution in [0.4, 0.5) is 0 Å². The summed E-state index contributed by atoms with van der Waals surface area (Å²) in [6, 6.07) is 8.72. The summed E-state index contributed by atoms with van der Waals surface area (Å²) >= 11 is 5.59. The van der Waals surface area contributed by atoms with Gasteiger partial charge in [-0.05, 0) is 17.5 Å². The van der Waals surface area contributed by atoms with Gasteiger partial charge in [-0.2, -0.15) is 0 Å². The summed E-state index contributed by atoms with van der Waals surface area (Å²) in [6.07, 6.45) is 5.34. The average Bonchev–Trinajstić information content (AvgIpc) is 2.29. The third kappa shape index (κ3) is 2.83. The maximum atomic E-state index is 5.59. The van der Waals surface area contributed by atoms with E-state index in [1.165, 1.54) is 17.5 Å². The minimum absolute atomic E-state index is 0.616. The molecule has 0 radical (unpaired) electrons. The van der Waals surface area contributed by atoms with Gasteiger partial charge in [-0.25, -0.2) is 0 Å². The fourth-order valence-corrected chi connectivity index (χ4v) is 2.12. The number of hydrogen-bond acceptors (Lipinski definition) is 1. The highest BCUT2D eigenvalue weighted by molar-refractivity contribution is 6.18. The Bertz CT molecular complexity index is 346. The molecule has 2 rings (SSSR count). The lowest BCUT2D eigenvalue weighted by atomic mass is 10.00. The van der Waals surface area contributed by atoms with Crippen LogP contribution in [0.2, 0.25) is 0 Å². The summed E-state index contributed by atoms with van der Waals surface area (Å²) in [6.45, 7) is 3.24. The van der Waals surface area contributed by atoms with Crippen molar-refractivity contribution in [3.8, 4) is 0 Å². The summed E-state index contributed by atoms with van der Waals surface area (Å²) in [4.78, 5) is 2.45. The third-order valence-electron chi connectivity index (χ3n) is 2.83. The van der Waals surface area contributed by atoms with E-state index >= 15 is 0 Å². The van der Waals surface area contributed by atoms with Gasteiger partial charge in [-0.1, -0.05) is 36.4 Å². The molecule has 1 aliphatic heterocycles. The van der Waals surface area contributed by atoms with Gasteiger partial charge in [0.1, 0.15) is 0 Å². The number of nitrogens with zero attached hydrogens (tertiary/aromatic N) is 1. The van der Waals surface area contributed by atoms with E-state index in [9.17, 15) is 0 Å². The first-order valence-corrected chi connectivity index (χ1v) is 5.93. The second kappa shape index (κ2) is 5.34. The maximum Gasteiger partial charge on any atom is 0.0404 e. The lowest BCUT2D eigenvalue weighted by molar-refractivity contribution is 0.282. The average molecular weight is 222 g/mol. The van der Waals surface area contributed by atoms with Gasteiger partial charge in [0, 0.05) is 25.5 Å². The molecule has 0 saturated carbocycles. The smallest absolute Gasteiger partial charge is 0.0404 e. The molecule has 0 bridgehead atoms. The molecule has 15 heavy (non-hydrogen) atoms. The highest BCUT2D eigenvalue weighted by Gasteiger charge is 2.13. The molecule has 0 aliphatic carbocycles. The minimum Gasteiger partial charge on any atom is -0.295 e. The molecule has 1 nitrogen and oxygen atoms in total. The Kier molecular flexibility index (Phi) is 3.81. The maximum absolute atomic E-state index is 5.59. The summed E-state index contributed by atoms with van der Waals surface area (Å²) in [7, 11) is 0. The quantitative estimate of drug-likeness (QED) is 0.561. The number of hydrogen-bond donors (Lipinski definition) is 0. The van der Waals surface area contributed by atoms with Crippen molar-refractivity contribution in [2.45, 2.75) is 13.0 Å². The van der Waals surface area contributed by atoms with Crippen molar-refractivity contribution in [3.05, 3.63) is 47.5 Å². The third-order valence-corrected chi connectivity index (χ3v) is 3.01. The van der Waals surface area contributed by atoms with E-state index < -0.39 is 0 Å². The molecular weight excluding hydrogens is 206 g/mol. The first-order valence-electron chi connectivity index (χ1n) is 5.40. The van der Waals surface area contributed by atoms with E-state index in [-0.39, 0.29) is 0 Å². The summed E-state index contributed by atoms with van der Waals surface area (Å²) < 4.78 is 0. The van der Waals surface area contributed by atoms with Crippen LogP contribution in [0, 0.1) is 0 Å². The van der Waals surface area contributed by atoms with Gasteiger partial charge in [0.25, 0.3) is 0 Å². The van der Waals surface area contributed by atoms with Crippen LogP contribution in [-0.4, -0.2) is 23.9 Å². The summed E-state index contributed by atoms with van der Waals surface area (Å²) in [5.74, 6) is 0.616. The van der Waals surface area contributed by atoms with E-state index in [2.05, 4.69) is 35.2 Å². The van der Waals surface area contributed by atoms with Crippen LogP contribution in [0.1, 0.15) is 11.1 Å². The van der Waals surface area contributed by atoms with Crippen molar-refractivity contribution in [3.63, 3.8) is 0 Å². The molecule has 2 heteroatoms. The Morgan fingerprint density at radius 2 is 2.00 bits per heavy atom. The molecule has 0 saturated heterocycles. The van der Waals surface area contributed by atoms with Gasteiger partial charge in [0.2, 0.25) is 0 Å². The second-order valence-corrected chi connectivity index (χ2v) is 4.19. The first-order chi connectivity index (χ1) is 7.40. The molecule has 0 amide bonds. The number of alkyl halides is 1. The Morgan fingerprint density at radius 3 is 2.80 bits per heavy atom. The van der Waals surface area contributed by atoms with E-state index in [0.717, 1.165) is 19.6 Å². The summed E-state index contributed by atoms with van der Waals surface area (Å²) in [5.41, 5.74) is 2.98. The number of rotatable bonds is 3. The highest BCUT2D eigenvalue weighted by Crippen LogP contribution is 2.17. The molecule has 1 aliphatic rings. The standard InChI is InChI=1S/C13H16ClN/c14-8-3-4-9-15-10-7-12-5-1-2-6-13(12)11-15/h1-6H,7-11H2/b4-3+. The van der Waals surface area contributed by atoms with Gasteiger partial charge < -0.3 is 0 Å². The topological polar surface area (TPSA) is 3.24 Å². The van der Waals surface area contributed by atoms with Gasteiger partial charge in [0.05, 0.1) is 0 Å². The van der Waals surface area contributed by atoms with Crippen molar-refractivity contribution in [2.24, 2.45) is 0 Å². The SMILES string of the molecule is ClC/C=C/CN1CCc2ccccc2C1. The monoisotopic (exact) mass is 221 g/mol. The number of allylic oxidation sites excluding steroid dienone is 1. The van der Waals surface area contributed by atoms with Crippen molar-refractivity contribution in [1.29, 1.82) is 0 Å². The van der Waals surface area contributed by atoms with E-state index in [4.69, 9.17) is 11.6 Å². The Balaban J connectivity index is 1.96. The molecular formula is C13H16ClN. The van der Waals surface area contributed by atoms with Gasteiger partial charge in [-0.15, -0.1) is 11.6 Å². The highest BCUT2D eigenvalue weighted by atomic mass is 35.5. The molecule has 1 heterocycles. The van der Waals surface area contributed by atoms with Crippen LogP contribution in [0.25, 0.3) is 0 Å².